The molecule has 0 atom stereocenters. The highest BCUT2D eigenvalue weighted by molar-refractivity contribution is 7.19. The van der Waals surface area contributed by atoms with Crippen LogP contribution < -0.4 is 4.90 Å². The molecule has 3 aromatic rings. The van der Waals surface area contributed by atoms with E-state index < -0.39 is 15.5 Å². The SMILES string of the molecule is O=[N+]([O-])c1cc([N+](=O)[O-])c(N=Nc2ccc(N(CCO)CCO)c3ccccc23)s1. The highest BCUT2D eigenvalue weighted by Crippen LogP contribution is 2.42. The molecule has 0 aliphatic heterocycles. The van der Waals surface area contributed by atoms with Crippen molar-refractivity contribution in [1.29, 1.82) is 0 Å². The van der Waals surface area contributed by atoms with Gasteiger partial charge in [0.1, 0.15) is 6.07 Å². The fourth-order valence-electron chi connectivity index (χ4n) is 2.98. The van der Waals surface area contributed by atoms with Gasteiger partial charge in [0.2, 0.25) is 5.00 Å². The smallest absolute Gasteiger partial charge is 0.333 e. The molecule has 156 valence electrons. The van der Waals surface area contributed by atoms with E-state index in [-0.39, 0.29) is 23.2 Å². The van der Waals surface area contributed by atoms with E-state index in [1.54, 1.807) is 24.3 Å². The summed E-state index contributed by atoms with van der Waals surface area (Å²) < 4.78 is 0. The molecule has 0 bridgehead atoms. The zero-order valence-electron chi connectivity index (χ0n) is 15.5. The standard InChI is InChI=1S/C18H17N5O6S/c24-9-7-21(8-10-25)15-6-5-14(12-3-1-2-4-13(12)15)19-20-18-16(22(26)27)11-17(30-18)23(28)29/h1-6,11,24-25H,7-10H2. The van der Waals surface area contributed by atoms with E-state index in [2.05, 4.69) is 10.2 Å². The van der Waals surface area contributed by atoms with Crippen molar-refractivity contribution in [2.45, 2.75) is 0 Å². The molecule has 1 aromatic heterocycles. The molecule has 0 radical (unpaired) electrons. The van der Waals surface area contributed by atoms with Gasteiger partial charge in [-0.25, -0.2) is 0 Å². The Morgan fingerprint density at radius 3 is 2.20 bits per heavy atom. The summed E-state index contributed by atoms with van der Waals surface area (Å²) in [6, 6.07) is 11.6. The van der Waals surface area contributed by atoms with Crippen LogP contribution in [0.25, 0.3) is 10.8 Å². The Bertz CT molecular complexity index is 1110. The van der Waals surface area contributed by atoms with Gasteiger partial charge in [-0.3, -0.25) is 20.2 Å². The van der Waals surface area contributed by atoms with Crippen LogP contribution in [0.1, 0.15) is 0 Å². The number of nitrogens with zero attached hydrogens (tertiary/aromatic N) is 5. The third-order valence-corrected chi connectivity index (χ3v) is 5.22. The van der Waals surface area contributed by atoms with Crippen LogP contribution in [0, 0.1) is 20.2 Å². The average molecular weight is 431 g/mol. The molecule has 0 fully saturated rings. The summed E-state index contributed by atoms with van der Waals surface area (Å²) in [5.74, 6) is 0. The van der Waals surface area contributed by atoms with E-state index in [1.807, 2.05) is 17.0 Å². The minimum absolute atomic E-state index is 0.0867. The zero-order valence-corrected chi connectivity index (χ0v) is 16.4. The van der Waals surface area contributed by atoms with E-state index in [9.17, 15) is 30.4 Å². The minimum atomic E-state index is -0.735. The third kappa shape index (κ3) is 4.40. The molecule has 0 amide bonds. The fraction of sp³-hybridized carbons (Fsp3) is 0.222. The molecule has 0 spiro atoms. The van der Waals surface area contributed by atoms with Crippen molar-refractivity contribution < 1.29 is 20.1 Å². The van der Waals surface area contributed by atoms with E-state index >= 15 is 0 Å². The topological polar surface area (TPSA) is 155 Å². The number of benzene rings is 2. The van der Waals surface area contributed by atoms with E-state index in [4.69, 9.17) is 0 Å². The van der Waals surface area contributed by atoms with E-state index in [0.29, 0.717) is 35.5 Å². The van der Waals surface area contributed by atoms with Crippen molar-refractivity contribution >= 4 is 49.2 Å². The summed E-state index contributed by atoms with van der Waals surface area (Å²) in [6.45, 7) is 0.486. The monoisotopic (exact) mass is 431 g/mol. The van der Waals surface area contributed by atoms with Crippen molar-refractivity contribution in [2.24, 2.45) is 10.2 Å². The normalized spacial score (nSPS) is 11.3. The minimum Gasteiger partial charge on any atom is -0.395 e. The summed E-state index contributed by atoms with van der Waals surface area (Å²) in [5, 5.41) is 49.7. The average Bonchev–Trinajstić information content (AvgIpc) is 3.17. The van der Waals surface area contributed by atoms with Crippen LogP contribution in [-0.4, -0.2) is 46.4 Å². The van der Waals surface area contributed by atoms with Crippen LogP contribution >= 0.6 is 11.3 Å². The fourth-order valence-corrected chi connectivity index (χ4v) is 3.74. The molecule has 2 aromatic carbocycles. The van der Waals surface area contributed by atoms with Gasteiger partial charge in [-0.15, -0.1) is 10.2 Å². The summed E-state index contributed by atoms with van der Waals surface area (Å²) in [7, 11) is 0. The molecule has 30 heavy (non-hydrogen) atoms. The van der Waals surface area contributed by atoms with Crippen LogP contribution in [0.4, 0.5) is 27.1 Å². The van der Waals surface area contributed by atoms with Crippen molar-refractivity contribution in [1.82, 2.24) is 0 Å². The molecular formula is C18H17N5O6S. The summed E-state index contributed by atoms with van der Waals surface area (Å²) in [4.78, 5) is 22.5. The van der Waals surface area contributed by atoms with Crippen molar-refractivity contribution in [3.8, 4) is 0 Å². The van der Waals surface area contributed by atoms with Gasteiger partial charge in [0.25, 0.3) is 0 Å². The second-order valence-corrected chi connectivity index (χ2v) is 7.08. The Kier molecular flexibility index (Phi) is 6.61. The molecule has 2 N–H and O–H groups in total. The van der Waals surface area contributed by atoms with Gasteiger partial charge in [-0.05, 0) is 23.5 Å². The largest absolute Gasteiger partial charge is 0.395 e. The molecule has 0 aliphatic rings. The van der Waals surface area contributed by atoms with Gasteiger partial charge in [-0.1, -0.05) is 24.3 Å². The van der Waals surface area contributed by atoms with Crippen LogP contribution in [0.5, 0.6) is 0 Å². The second kappa shape index (κ2) is 9.35. The van der Waals surface area contributed by atoms with Crippen LogP contribution in [0.15, 0.2) is 52.7 Å². The Balaban J connectivity index is 2.05. The number of azo groups is 1. The molecular weight excluding hydrogens is 414 g/mol. The molecule has 0 aliphatic carbocycles. The van der Waals surface area contributed by atoms with Crippen molar-refractivity contribution in [2.75, 3.05) is 31.2 Å². The van der Waals surface area contributed by atoms with Crippen LogP contribution in [0.2, 0.25) is 0 Å². The number of nitro groups is 2. The maximum Gasteiger partial charge on any atom is 0.333 e. The van der Waals surface area contributed by atoms with Gasteiger partial charge in [-0.2, -0.15) is 0 Å². The first-order valence-corrected chi connectivity index (χ1v) is 9.60. The maximum atomic E-state index is 11.2. The maximum absolute atomic E-state index is 11.2. The number of thiophene rings is 1. The lowest BCUT2D eigenvalue weighted by atomic mass is 10.1. The number of hydrogen-bond acceptors (Lipinski definition) is 10. The van der Waals surface area contributed by atoms with E-state index in [0.717, 1.165) is 17.1 Å². The number of aliphatic hydroxyl groups excluding tert-OH is 2. The highest BCUT2D eigenvalue weighted by atomic mass is 32.1. The van der Waals surface area contributed by atoms with Crippen LogP contribution in [-0.2, 0) is 0 Å². The Morgan fingerprint density at radius 2 is 1.60 bits per heavy atom. The molecule has 0 saturated carbocycles. The van der Waals surface area contributed by atoms with E-state index in [1.165, 1.54) is 0 Å². The first-order chi connectivity index (χ1) is 14.5. The van der Waals surface area contributed by atoms with Gasteiger partial charge in [0.05, 0.1) is 28.7 Å². The molecule has 11 nitrogen and oxygen atoms in total. The predicted molar refractivity (Wildman–Crippen MR) is 112 cm³/mol. The predicted octanol–water partition coefficient (Wildman–Crippen LogP) is 3.92. The lowest BCUT2D eigenvalue weighted by molar-refractivity contribution is -0.389. The molecule has 3 rings (SSSR count). The number of anilines is 1. The van der Waals surface area contributed by atoms with Gasteiger partial charge in [0, 0.05) is 29.5 Å². The molecule has 0 unspecified atom stereocenters. The van der Waals surface area contributed by atoms with Gasteiger partial charge in [0.15, 0.2) is 0 Å². The summed E-state index contributed by atoms with van der Waals surface area (Å²) in [6.07, 6.45) is 0. The first-order valence-electron chi connectivity index (χ1n) is 8.79. The Morgan fingerprint density at radius 1 is 0.933 bits per heavy atom. The lowest BCUT2D eigenvalue weighted by Crippen LogP contribution is -2.29. The van der Waals surface area contributed by atoms with Gasteiger partial charge >= 0.3 is 10.7 Å². The quantitative estimate of drug-likeness (QED) is 0.295. The Labute approximate surface area is 173 Å². The molecule has 1 heterocycles. The number of hydrogen-bond donors (Lipinski definition) is 2. The zero-order chi connectivity index (χ0) is 21.7. The van der Waals surface area contributed by atoms with Crippen LogP contribution in [0.3, 0.4) is 0 Å². The second-order valence-electron chi connectivity index (χ2n) is 6.07. The molecule has 12 heteroatoms. The van der Waals surface area contributed by atoms with Crippen molar-refractivity contribution in [3.05, 3.63) is 62.7 Å². The summed E-state index contributed by atoms with van der Waals surface area (Å²) in [5.41, 5.74) is 0.728. The number of aliphatic hydroxyl groups is 2. The van der Waals surface area contributed by atoms with Gasteiger partial charge < -0.3 is 15.1 Å². The number of rotatable bonds is 9. The lowest BCUT2D eigenvalue weighted by Gasteiger charge is -2.24. The first kappa shape index (κ1) is 21.2. The molecule has 0 saturated heterocycles. The highest BCUT2D eigenvalue weighted by Gasteiger charge is 2.25. The van der Waals surface area contributed by atoms with Crippen molar-refractivity contribution in [3.63, 3.8) is 0 Å². The Hall–Kier alpha value is -3.48. The summed E-state index contributed by atoms with van der Waals surface area (Å²) >= 11 is 0.577. The third-order valence-electron chi connectivity index (χ3n) is 4.26. The number of fused-ring (bicyclic) bond motifs is 1.